The summed E-state index contributed by atoms with van der Waals surface area (Å²) in [6.07, 6.45) is 5.09. The third-order valence-corrected chi connectivity index (χ3v) is 3.21. The number of pyridine rings is 2. The zero-order chi connectivity index (χ0) is 14.8. The summed E-state index contributed by atoms with van der Waals surface area (Å²) in [6.45, 7) is 1.95. The molecule has 0 atom stereocenters. The fourth-order valence-corrected chi connectivity index (χ4v) is 1.94. The normalized spacial score (nSPS) is 10.6. The molecular weight excluding hydrogens is 266 g/mol. The molecule has 21 heavy (non-hydrogen) atoms. The topological polar surface area (TPSA) is 78.8 Å². The monoisotopic (exact) mass is 281 g/mol. The van der Waals surface area contributed by atoms with Gasteiger partial charge in [0, 0.05) is 19.3 Å². The van der Waals surface area contributed by atoms with Gasteiger partial charge in [-0.05, 0) is 25.1 Å². The molecule has 106 valence electrons. The predicted octanol–water partition coefficient (Wildman–Crippen LogP) is 2.56. The van der Waals surface area contributed by atoms with Crippen LogP contribution in [0.4, 0.5) is 5.82 Å². The van der Waals surface area contributed by atoms with Crippen LogP contribution in [-0.2, 0) is 7.05 Å². The van der Waals surface area contributed by atoms with E-state index in [-0.39, 0.29) is 0 Å². The molecule has 0 aliphatic rings. The lowest BCUT2D eigenvalue weighted by molar-refractivity contribution is 0.480. The Hall–Kier alpha value is -2.89. The van der Waals surface area contributed by atoms with Crippen molar-refractivity contribution in [2.75, 3.05) is 5.73 Å². The van der Waals surface area contributed by atoms with E-state index in [0.717, 1.165) is 17.2 Å². The largest absolute Gasteiger partial charge is 0.456 e. The zero-order valence-corrected chi connectivity index (χ0v) is 11.8. The number of aromatic nitrogens is 4. The van der Waals surface area contributed by atoms with E-state index in [4.69, 9.17) is 10.5 Å². The highest BCUT2D eigenvalue weighted by atomic mass is 16.5. The summed E-state index contributed by atoms with van der Waals surface area (Å²) in [6, 6.07) is 7.13. The van der Waals surface area contributed by atoms with Crippen molar-refractivity contribution in [2.24, 2.45) is 7.05 Å². The molecule has 0 aliphatic carbocycles. The van der Waals surface area contributed by atoms with Crippen LogP contribution in [0.5, 0.6) is 11.5 Å². The van der Waals surface area contributed by atoms with Crippen LogP contribution in [0.3, 0.4) is 0 Å². The molecule has 6 heteroatoms. The molecule has 3 rings (SSSR count). The minimum atomic E-state index is 0.461. The standard InChI is InChI=1S/C15H15N5O/c1-10-18-9-14(20(10)2)13-7-11(5-6-17-13)21-12-3-4-15(16)19-8-12/h3-9H,1-2H3,(H2,16,19). The second-order valence-corrected chi connectivity index (χ2v) is 4.65. The number of ether oxygens (including phenoxy) is 1. The first-order chi connectivity index (χ1) is 10.1. The van der Waals surface area contributed by atoms with Crippen LogP contribution in [0, 0.1) is 6.92 Å². The molecule has 3 heterocycles. The molecule has 0 aromatic carbocycles. The Kier molecular flexibility index (Phi) is 3.27. The van der Waals surface area contributed by atoms with Crippen molar-refractivity contribution in [1.82, 2.24) is 19.5 Å². The Morgan fingerprint density at radius 1 is 1.05 bits per heavy atom. The molecule has 3 aromatic heterocycles. The molecule has 0 unspecified atom stereocenters. The average molecular weight is 281 g/mol. The average Bonchev–Trinajstić information content (AvgIpc) is 2.82. The third-order valence-electron chi connectivity index (χ3n) is 3.21. The summed E-state index contributed by atoms with van der Waals surface area (Å²) in [5.74, 6) is 2.71. The van der Waals surface area contributed by atoms with Crippen LogP contribution in [0.25, 0.3) is 11.4 Å². The minimum absolute atomic E-state index is 0.461. The van der Waals surface area contributed by atoms with Gasteiger partial charge in [-0.3, -0.25) is 4.98 Å². The summed E-state index contributed by atoms with van der Waals surface area (Å²) in [5, 5.41) is 0. The Labute approximate surface area is 122 Å². The maximum absolute atomic E-state index is 5.75. The van der Waals surface area contributed by atoms with E-state index < -0.39 is 0 Å². The van der Waals surface area contributed by atoms with Crippen LogP contribution in [0.1, 0.15) is 5.82 Å². The first-order valence-corrected chi connectivity index (χ1v) is 6.47. The first-order valence-electron chi connectivity index (χ1n) is 6.47. The van der Waals surface area contributed by atoms with Gasteiger partial charge in [-0.15, -0.1) is 0 Å². The van der Waals surface area contributed by atoms with Crippen molar-refractivity contribution in [1.29, 1.82) is 0 Å². The highest BCUT2D eigenvalue weighted by molar-refractivity contribution is 5.56. The number of hydrogen-bond acceptors (Lipinski definition) is 5. The number of rotatable bonds is 3. The van der Waals surface area contributed by atoms with Gasteiger partial charge < -0.3 is 15.0 Å². The summed E-state index contributed by atoms with van der Waals surface area (Å²) in [7, 11) is 1.96. The minimum Gasteiger partial charge on any atom is -0.456 e. The van der Waals surface area contributed by atoms with Gasteiger partial charge >= 0.3 is 0 Å². The van der Waals surface area contributed by atoms with Crippen molar-refractivity contribution in [3.05, 3.63) is 48.7 Å². The van der Waals surface area contributed by atoms with Gasteiger partial charge in [0.2, 0.25) is 0 Å². The van der Waals surface area contributed by atoms with Gasteiger partial charge in [-0.25, -0.2) is 9.97 Å². The van der Waals surface area contributed by atoms with E-state index >= 15 is 0 Å². The summed E-state index contributed by atoms with van der Waals surface area (Å²) in [4.78, 5) is 12.6. The molecule has 0 fully saturated rings. The van der Waals surface area contributed by atoms with Crippen molar-refractivity contribution < 1.29 is 4.74 Å². The van der Waals surface area contributed by atoms with Crippen molar-refractivity contribution in [3.8, 4) is 22.9 Å². The van der Waals surface area contributed by atoms with Crippen molar-refractivity contribution in [2.45, 2.75) is 6.92 Å². The number of nitrogen functional groups attached to an aromatic ring is 1. The molecule has 0 saturated carbocycles. The molecule has 0 spiro atoms. The lowest BCUT2D eigenvalue weighted by Crippen LogP contribution is -1.96. The van der Waals surface area contributed by atoms with Crippen LogP contribution in [0.15, 0.2) is 42.9 Å². The fourth-order valence-electron chi connectivity index (χ4n) is 1.94. The number of hydrogen-bond donors (Lipinski definition) is 1. The van der Waals surface area contributed by atoms with Crippen LogP contribution in [-0.4, -0.2) is 19.5 Å². The molecule has 0 saturated heterocycles. The number of nitrogens with two attached hydrogens (primary N) is 1. The van der Waals surface area contributed by atoms with Crippen LogP contribution < -0.4 is 10.5 Å². The number of anilines is 1. The molecule has 3 aromatic rings. The van der Waals surface area contributed by atoms with Gasteiger partial charge in [0.1, 0.15) is 23.1 Å². The Balaban J connectivity index is 1.90. The fraction of sp³-hybridized carbons (Fsp3) is 0.133. The molecule has 0 bridgehead atoms. The van der Waals surface area contributed by atoms with Gasteiger partial charge in [0.25, 0.3) is 0 Å². The van der Waals surface area contributed by atoms with E-state index in [1.165, 1.54) is 0 Å². The Morgan fingerprint density at radius 2 is 1.90 bits per heavy atom. The summed E-state index contributed by atoms with van der Waals surface area (Å²) < 4.78 is 7.74. The van der Waals surface area contributed by atoms with Gasteiger partial charge in [0.15, 0.2) is 0 Å². The third kappa shape index (κ3) is 2.69. The lowest BCUT2D eigenvalue weighted by atomic mass is 10.2. The smallest absolute Gasteiger partial charge is 0.145 e. The number of aryl methyl sites for hydroxylation is 1. The lowest BCUT2D eigenvalue weighted by Gasteiger charge is -2.07. The Bertz CT molecular complexity index is 764. The molecule has 0 radical (unpaired) electrons. The molecular formula is C15H15N5O. The quantitative estimate of drug-likeness (QED) is 0.798. The highest BCUT2D eigenvalue weighted by Crippen LogP contribution is 2.25. The molecule has 0 amide bonds. The summed E-state index contributed by atoms with van der Waals surface area (Å²) in [5.41, 5.74) is 7.30. The van der Waals surface area contributed by atoms with Crippen LogP contribution >= 0.6 is 0 Å². The van der Waals surface area contributed by atoms with Gasteiger partial charge in [-0.2, -0.15) is 0 Å². The van der Waals surface area contributed by atoms with E-state index in [2.05, 4.69) is 15.0 Å². The maximum atomic E-state index is 5.75. The van der Waals surface area contributed by atoms with Crippen molar-refractivity contribution in [3.63, 3.8) is 0 Å². The summed E-state index contributed by atoms with van der Waals surface area (Å²) >= 11 is 0. The van der Waals surface area contributed by atoms with E-state index in [9.17, 15) is 0 Å². The first kappa shape index (κ1) is 13.1. The molecule has 6 nitrogen and oxygen atoms in total. The van der Waals surface area contributed by atoms with E-state index in [1.807, 2.05) is 24.6 Å². The zero-order valence-electron chi connectivity index (χ0n) is 11.8. The maximum Gasteiger partial charge on any atom is 0.145 e. The second kappa shape index (κ2) is 5.24. The van der Waals surface area contributed by atoms with Crippen molar-refractivity contribution >= 4 is 5.82 Å². The molecule has 0 aliphatic heterocycles. The second-order valence-electron chi connectivity index (χ2n) is 4.65. The Morgan fingerprint density at radius 3 is 2.57 bits per heavy atom. The number of nitrogens with zero attached hydrogens (tertiary/aromatic N) is 4. The number of imidazole rings is 1. The van der Waals surface area contributed by atoms with Gasteiger partial charge in [-0.1, -0.05) is 0 Å². The van der Waals surface area contributed by atoms with Crippen LogP contribution in [0.2, 0.25) is 0 Å². The predicted molar refractivity (Wildman–Crippen MR) is 79.9 cm³/mol. The molecule has 2 N–H and O–H groups in total. The van der Waals surface area contributed by atoms with E-state index in [1.54, 1.807) is 36.8 Å². The SMILES string of the molecule is Cc1ncc(-c2cc(Oc3ccc(N)nc3)ccn2)n1C. The van der Waals surface area contributed by atoms with E-state index in [0.29, 0.717) is 17.3 Å². The van der Waals surface area contributed by atoms with Gasteiger partial charge in [0.05, 0.1) is 23.8 Å². The highest BCUT2D eigenvalue weighted by Gasteiger charge is 2.08.